The Morgan fingerprint density at radius 3 is 2.46 bits per heavy atom. The first-order valence-electron chi connectivity index (χ1n) is 20.1. The number of H-pyrrole nitrogens is 1. The van der Waals surface area contributed by atoms with Crippen LogP contribution < -0.4 is 31.3 Å². The van der Waals surface area contributed by atoms with E-state index in [4.69, 9.17) is 17.0 Å². The van der Waals surface area contributed by atoms with Crippen molar-refractivity contribution in [1.29, 1.82) is 5.26 Å². The standard InChI is InChI=1S/C44H38F5N11O4S/c1-43(2)41(63)59(27-10-7-24(21-50)30(19-27)44(47,48)49)42(65)60(43)28-11-12-32(31(46)20-28)51-14-4-15-64-16-13-34(61)54-26-8-5-23(6-9-26)37-36(39-52-22-53-58(39)3)38-35-29(40(62)57-56-38)17-25(45)18-33(35)55-37/h5-12,17-20,22,36-37,51,55H,4,13-16H2,1-3H3,(H,54,61)(H,57,62)/t36-,37-/m1/s1. The summed E-state index contributed by atoms with van der Waals surface area (Å²) >= 11 is 5.55. The van der Waals surface area contributed by atoms with E-state index in [1.807, 2.05) is 12.1 Å². The third-order valence-corrected chi connectivity index (χ3v) is 11.6. The molecular weight excluding hydrogens is 874 g/mol. The van der Waals surface area contributed by atoms with Crippen molar-refractivity contribution in [3.63, 3.8) is 0 Å². The van der Waals surface area contributed by atoms with Crippen molar-refractivity contribution in [2.75, 3.05) is 45.5 Å². The number of thiocarbonyl (C=S) groups is 1. The number of carbonyl (C=O) groups excluding carboxylic acids is 2. The highest BCUT2D eigenvalue weighted by atomic mass is 32.1. The number of aromatic nitrogens is 5. The molecule has 0 bridgehead atoms. The molecule has 4 N–H and O–H groups in total. The lowest BCUT2D eigenvalue weighted by molar-refractivity contribution is -0.137. The van der Waals surface area contributed by atoms with Gasteiger partial charge in [0.1, 0.15) is 29.3 Å². The number of hydrogen-bond donors (Lipinski definition) is 4. The summed E-state index contributed by atoms with van der Waals surface area (Å²) < 4.78 is 78.4. The molecule has 15 nitrogen and oxygen atoms in total. The average molecular weight is 912 g/mol. The number of halogens is 5. The Hall–Kier alpha value is -7.31. The topological polar surface area (TPSA) is 186 Å². The molecule has 4 aromatic carbocycles. The van der Waals surface area contributed by atoms with Gasteiger partial charge in [-0.2, -0.15) is 28.6 Å². The van der Waals surface area contributed by atoms with Gasteiger partial charge in [-0.25, -0.2) is 18.9 Å². The number of alkyl halides is 3. The van der Waals surface area contributed by atoms with Crippen molar-refractivity contribution in [3.8, 4) is 6.07 Å². The van der Waals surface area contributed by atoms with E-state index in [1.54, 1.807) is 23.9 Å². The predicted molar refractivity (Wildman–Crippen MR) is 234 cm³/mol. The number of anilines is 5. The normalized spacial score (nSPS) is 16.7. The Morgan fingerprint density at radius 2 is 1.77 bits per heavy atom. The zero-order valence-electron chi connectivity index (χ0n) is 34.8. The van der Waals surface area contributed by atoms with Crippen molar-refractivity contribution in [2.45, 2.75) is 50.4 Å². The number of aryl methyl sites for hydroxylation is 1. The van der Waals surface area contributed by atoms with E-state index >= 15 is 4.39 Å². The molecule has 2 aliphatic rings. The second kappa shape index (κ2) is 17.3. The van der Waals surface area contributed by atoms with Crippen molar-refractivity contribution >= 4 is 68.4 Å². The first kappa shape index (κ1) is 44.3. The Kier molecular flexibility index (Phi) is 11.8. The van der Waals surface area contributed by atoms with Crippen LogP contribution in [0.1, 0.15) is 66.9 Å². The van der Waals surface area contributed by atoms with Gasteiger partial charge in [-0.1, -0.05) is 12.1 Å². The number of rotatable bonds is 13. The van der Waals surface area contributed by atoms with E-state index in [9.17, 15) is 37.2 Å². The highest BCUT2D eigenvalue weighted by Crippen LogP contribution is 2.46. The number of nitrogens with zero attached hydrogens (tertiary/aromatic N) is 7. The Labute approximate surface area is 372 Å². The van der Waals surface area contributed by atoms with Crippen LogP contribution in [0.3, 0.4) is 0 Å². The molecule has 2 aliphatic heterocycles. The van der Waals surface area contributed by atoms with E-state index in [1.165, 1.54) is 67.5 Å². The van der Waals surface area contributed by atoms with Gasteiger partial charge in [-0.05, 0) is 98.7 Å². The molecule has 21 heteroatoms. The fraction of sp³-hybridized carbons (Fsp3) is 0.273. The van der Waals surface area contributed by atoms with Crippen molar-refractivity contribution in [1.82, 2.24) is 25.0 Å². The molecule has 1 fully saturated rings. The quantitative estimate of drug-likeness (QED) is 0.0516. The van der Waals surface area contributed by atoms with Crippen LogP contribution in [0.2, 0.25) is 0 Å². The summed E-state index contributed by atoms with van der Waals surface area (Å²) in [4.78, 5) is 45.7. The van der Waals surface area contributed by atoms with Crippen LogP contribution in [0.15, 0.2) is 83.9 Å². The van der Waals surface area contributed by atoms with Gasteiger partial charge in [0.2, 0.25) is 5.91 Å². The maximum absolute atomic E-state index is 15.4. The summed E-state index contributed by atoms with van der Waals surface area (Å²) in [6.07, 6.45) is -2.92. The zero-order chi connectivity index (χ0) is 46.4. The van der Waals surface area contributed by atoms with Gasteiger partial charge in [0.25, 0.3) is 11.5 Å². The van der Waals surface area contributed by atoms with E-state index in [0.29, 0.717) is 47.3 Å². The number of amides is 2. The van der Waals surface area contributed by atoms with E-state index in [-0.39, 0.29) is 53.1 Å². The number of nitrogens with one attached hydrogen (secondary N) is 4. The molecule has 334 valence electrons. The highest BCUT2D eigenvalue weighted by molar-refractivity contribution is 7.81. The highest BCUT2D eigenvalue weighted by Gasteiger charge is 2.51. The first-order valence-corrected chi connectivity index (χ1v) is 20.5. The minimum absolute atomic E-state index is 0.0588. The number of ether oxygens (including phenoxy) is 1. The predicted octanol–water partition coefficient (Wildman–Crippen LogP) is 7.28. The number of nitriles is 1. The lowest BCUT2D eigenvalue weighted by Crippen LogP contribution is -2.44. The minimum Gasteiger partial charge on any atom is -0.383 e. The van der Waals surface area contributed by atoms with Crippen LogP contribution in [-0.2, 0) is 27.5 Å². The van der Waals surface area contributed by atoms with Crippen molar-refractivity contribution in [3.05, 3.63) is 129 Å². The molecule has 6 aromatic rings. The van der Waals surface area contributed by atoms with Gasteiger partial charge in [0.05, 0.1) is 64.6 Å². The Balaban J connectivity index is 0.820. The Bertz CT molecular complexity index is 2970. The number of carbonyl (C=O) groups is 2. The van der Waals surface area contributed by atoms with Crippen LogP contribution in [0, 0.1) is 23.0 Å². The molecule has 1 saturated heterocycles. The molecule has 0 aliphatic carbocycles. The lowest BCUT2D eigenvalue weighted by Gasteiger charge is -2.33. The number of benzene rings is 4. The molecule has 4 heterocycles. The summed E-state index contributed by atoms with van der Waals surface area (Å²) in [7, 11) is 1.74. The van der Waals surface area contributed by atoms with E-state index in [0.717, 1.165) is 16.5 Å². The second-order valence-corrected chi connectivity index (χ2v) is 16.2. The fourth-order valence-corrected chi connectivity index (χ4v) is 8.60. The van der Waals surface area contributed by atoms with Crippen LogP contribution >= 0.6 is 12.2 Å². The number of aromatic amines is 1. The number of hydrogen-bond acceptors (Lipinski definition) is 11. The molecule has 2 amide bonds. The summed E-state index contributed by atoms with van der Waals surface area (Å²) in [5, 5.41) is 30.0. The maximum atomic E-state index is 15.4. The third-order valence-electron chi connectivity index (χ3n) is 11.2. The third kappa shape index (κ3) is 8.45. The molecule has 0 unspecified atom stereocenters. The monoisotopic (exact) mass is 911 g/mol. The van der Waals surface area contributed by atoms with E-state index in [2.05, 4.69) is 36.2 Å². The second-order valence-electron chi connectivity index (χ2n) is 15.8. The largest absolute Gasteiger partial charge is 0.417 e. The molecular formula is C44H38F5N11O4S. The van der Waals surface area contributed by atoms with Gasteiger partial charge in [0.15, 0.2) is 5.11 Å². The van der Waals surface area contributed by atoms with Gasteiger partial charge >= 0.3 is 6.18 Å². The van der Waals surface area contributed by atoms with Crippen molar-refractivity contribution in [2.24, 2.45) is 7.05 Å². The molecule has 2 atom stereocenters. The SMILES string of the molecule is Cn1ncnc1[C@H]1c2n[nH]c(=O)c3cc(F)cc(c23)N[C@@H]1c1ccc(NC(=O)CCOCCCNc2ccc(N3C(=S)N(c4ccc(C#N)c(C(F)(F)F)c4)C(=O)C3(C)C)cc2F)cc1. The lowest BCUT2D eigenvalue weighted by atomic mass is 9.83. The molecule has 8 rings (SSSR count). The van der Waals surface area contributed by atoms with E-state index < -0.39 is 57.9 Å². The van der Waals surface area contributed by atoms with Gasteiger partial charge < -0.3 is 25.6 Å². The Morgan fingerprint density at radius 1 is 1.02 bits per heavy atom. The molecule has 2 aromatic heterocycles. The first-order chi connectivity index (χ1) is 31.0. The van der Waals surface area contributed by atoms with Gasteiger partial charge in [0, 0.05) is 42.6 Å². The summed E-state index contributed by atoms with van der Waals surface area (Å²) in [6.45, 7) is 3.73. The van der Waals surface area contributed by atoms with Crippen LogP contribution in [-0.4, -0.2) is 67.2 Å². The minimum atomic E-state index is -4.85. The smallest absolute Gasteiger partial charge is 0.383 e. The van der Waals surface area contributed by atoms with Crippen LogP contribution in [0.4, 0.5) is 50.4 Å². The molecule has 0 radical (unpaired) electrons. The summed E-state index contributed by atoms with van der Waals surface area (Å²) in [5.41, 5.74) is -1.33. The average Bonchev–Trinajstić information content (AvgIpc) is 3.76. The van der Waals surface area contributed by atoms with Crippen LogP contribution in [0.5, 0.6) is 0 Å². The maximum Gasteiger partial charge on any atom is 0.417 e. The van der Waals surface area contributed by atoms with Crippen molar-refractivity contribution < 1.29 is 36.3 Å². The molecule has 0 saturated carbocycles. The van der Waals surface area contributed by atoms with Crippen LogP contribution in [0.25, 0.3) is 10.8 Å². The van der Waals surface area contributed by atoms with Gasteiger partial charge in [-0.15, -0.1) is 0 Å². The summed E-state index contributed by atoms with van der Waals surface area (Å²) in [6, 6.07) is 17.6. The summed E-state index contributed by atoms with van der Waals surface area (Å²) in [5.74, 6) is -2.13. The zero-order valence-corrected chi connectivity index (χ0v) is 35.6. The van der Waals surface area contributed by atoms with Gasteiger partial charge in [-0.3, -0.25) is 24.0 Å². The fourth-order valence-electron chi connectivity index (χ4n) is 8.08. The molecule has 0 spiro atoms. The molecule has 65 heavy (non-hydrogen) atoms.